The number of terminal acetylenes is 1. The highest BCUT2D eigenvalue weighted by molar-refractivity contribution is 5.72. The van der Waals surface area contributed by atoms with Gasteiger partial charge in [-0.05, 0) is 18.2 Å². The smallest absolute Gasteiger partial charge is 0.161 e. The largest absolute Gasteiger partial charge is 0.493 e. The number of hydrogen-bond donors (Lipinski definition) is 1. The Labute approximate surface area is 112 Å². The first-order valence-electron chi connectivity index (χ1n) is 5.67. The summed E-state index contributed by atoms with van der Waals surface area (Å²) < 4.78 is 12.2. The molecule has 98 valence electrons. The molecule has 0 amide bonds. The number of methoxy groups -OCH3 is 2. The van der Waals surface area contributed by atoms with Crippen molar-refractivity contribution in [2.75, 3.05) is 20.0 Å². The second kappa shape index (κ2) is 5.36. The molecular weight excluding hydrogens is 242 g/mol. The average Bonchev–Trinajstić information content (AvgIpc) is 2.80. The highest BCUT2D eigenvalue weighted by Gasteiger charge is 2.12. The molecule has 0 atom stereocenters. The number of rotatable bonds is 4. The van der Waals surface area contributed by atoms with Crippen LogP contribution in [0.1, 0.15) is 0 Å². The van der Waals surface area contributed by atoms with Gasteiger partial charge >= 0.3 is 0 Å². The van der Waals surface area contributed by atoms with Crippen molar-refractivity contribution in [3.63, 3.8) is 0 Å². The molecule has 0 unspecified atom stereocenters. The normalized spacial score (nSPS) is 9.95. The summed E-state index contributed by atoms with van der Waals surface area (Å²) in [6.45, 7) is 0.395. The lowest BCUT2D eigenvalue weighted by Gasteiger charge is -2.09. The third-order valence-corrected chi connectivity index (χ3v) is 2.80. The Kier molecular flexibility index (Phi) is 3.62. The molecular formula is C14H15N3O2. The lowest BCUT2D eigenvalue weighted by molar-refractivity contribution is 0.355. The van der Waals surface area contributed by atoms with Gasteiger partial charge in [0.05, 0.1) is 27.1 Å². The number of imidazole rings is 1. The van der Waals surface area contributed by atoms with Gasteiger partial charge in [-0.2, -0.15) is 0 Å². The van der Waals surface area contributed by atoms with Crippen molar-refractivity contribution in [1.29, 1.82) is 0 Å². The molecule has 0 fully saturated rings. The second-order valence-electron chi connectivity index (χ2n) is 3.88. The van der Waals surface area contributed by atoms with E-state index in [1.165, 1.54) is 0 Å². The zero-order chi connectivity index (χ0) is 13.8. The third kappa shape index (κ3) is 2.33. The van der Waals surface area contributed by atoms with Crippen LogP contribution in [0, 0.1) is 12.3 Å². The Morgan fingerprint density at radius 3 is 2.68 bits per heavy atom. The summed E-state index contributed by atoms with van der Waals surface area (Å²) in [5.74, 6) is 4.35. The van der Waals surface area contributed by atoms with Crippen molar-refractivity contribution in [1.82, 2.24) is 9.55 Å². The van der Waals surface area contributed by atoms with Crippen LogP contribution in [0.5, 0.6) is 11.5 Å². The minimum Gasteiger partial charge on any atom is -0.493 e. The fraction of sp³-hybridized carbons (Fsp3) is 0.214. The van der Waals surface area contributed by atoms with Crippen molar-refractivity contribution < 1.29 is 9.47 Å². The minimum absolute atomic E-state index is 0.395. The van der Waals surface area contributed by atoms with Gasteiger partial charge in [0, 0.05) is 5.56 Å². The van der Waals surface area contributed by atoms with E-state index in [1.54, 1.807) is 25.1 Å². The Hall–Kier alpha value is -2.61. The maximum absolute atomic E-state index is 6.02. The first-order chi connectivity index (χ1) is 9.21. The van der Waals surface area contributed by atoms with Gasteiger partial charge in [-0.3, -0.25) is 0 Å². The number of nitrogens with two attached hydrogens (primary N) is 1. The third-order valence-electron chi connectivity index (χ3n) is 2.80. The molecule has 5 heteroatoms. The number of anilines is 1. The van der Waals surface area contributed by atoms with Gasteiger partial charge in [0.15, 0.2) is 11.5 Å². The summed E-state index contributed by atoms with van der Waals surface area (Å²) >= 11 is 0. The van der Waals surface area contributed by atoms with E-state index in [0.717, 1.165) is 5.56 Å². The first-order valence-corrected chi connectivity index (χ1v) is 5.67. The molecule has 0 spiro atoms. The fourth-order valence-electron chi connectivity index (χ4n) is 1.82. The fourth-order valence-corrected chi connectivity index (χ4v) is 1.82. The van der Waals surface area contributed by atoms with Crippen molar-refractivity contribution in [3.05, 3.63) is 24.5 Å². The lowest BCUT2D eigenvalue weighted by Crippen LogP contribution is -2.00. The lowest BCUT2D eigenvalue weighted by atomic mass is 10.1. The molecule has 0 aliphatic rings. The van der Waals surface area contributed by atoms with Gasteiger partial charge in [0.25, 0.3) is 0 Å². The summed E-state index contributed by atoms with van der Waals surface area (Å²) in [6.07, 6.45) is 6.90. The molecule has 1 heterocycles. The second-order valence-corrected chi connectivity index (χ2v) is 3.88. The molecule has 5 nitrogen and oxygen atoms in total. The number of hydrogen-bond acceptors (Lipinski definition) is 4. The molecule has 0 radical (unpaired) electrons. The SMILES string of the molecule is C#CCn1cnc(-c2ccc(OC)c(OC)c2)c1N. The molecule has 1 aromatic carbocycles. The number of nitrogen functional groups attached to an aromatic ring is 1. The van der Waals surface area contributed by atoms with Gasteiger partial charge in [-0.1, -0.05) is 5.92 Å². The molecule has 0 saturated heterocycles. The molecule has 0 aliphatic heterocycles. The predicted octanol–water partition coefficient (Wildman–Crippen LogP) is 1.78. The summed E-state index contributed by atoms with van der Waals surface area (Å²) in [4.78, 5) is 4.28. The van der Waals surface area contributed by atoms with Gasteiger partial charge in [0.2, 0.25) is 0 Å². The van der Waals surface area contributed by atoms with Crippen LogP contribution in [0.15, 0.2) is 24.5 Å². The Bertz CT molecular complexity index is 626. The van der Waals surface area contributed by atoms with E-state index in [1.807, 2.05) is 18.2 Å². The van der Waals surface area contributed by atoms with Crippen LogP contribution < -0.4 is 15.2 Å². The predicted molar refractivity (Wildman–Crippen MR) is 74.0 cm³/mol. The molecule has 2 N–H and O–H groups in total. The van der Waals surface area contributed by atoms with E-state index in [4.69, 9.17) is 21.6 Å². The highest BCUT2D eigenvalue weighted by atomic mass is 16.5. The van der Waals surface area contributed by atoms with E-state index in [-0.39, 0.29) is 0 Å². The van der Waals surface area contributed by atoms with E-state index < -0.39 is 0 Å². The number of aromatic nitrogens is 2. The van der Waals surface area contributed by atoms with Gasteiger partial charge in [-0.25, -0.2) is 4.98 Å². The maximum Gasteiger partial charge on any atom is 0.161 e. The van der Waals surface area contributed by atoms with Crippen molar-refractivity contribution in [2.24, 2.45) is 0 Å². The molecule has 2 rings (SSSR count). The topological polar surface area (TPSA) is 62.3 Å². The van der Waals surface area contributed by atoms with Crippen LogP contribution >= 0.6 is 0 Å². The first kappa shape index (κ1) is 12.8. The van der Waals surface area contributed by atoms with Crippen molar-refractivity contribution >= 4 is 5.82 Å². The summed E-state index contributed by atoms with van der Waals surface area (Å²) in [5.41, 5.74) is 7.55. The van der Waals surface area contributed by atoms with E-state index in [2.05, 4.69) is 10.9 Å². The van der Waals surface area contributed by atoms with Crippen LogP contribution in [0.4, 0.5) is 5.82 Å². The van der Waals surface area contributed by atoms with Gasteiger partial charge in [0.1, 0.15) is 11.5 Å². The molecule has 1 aromatic heterocycles. The number of ether oxygens (including phenoxy) is 2. The highest BCUT2D eigenvalue weighted by Crippen LogP contribution is 2.33. The monoisotopic (exact) mass is 257 g/mol. The summed E-state index contributed by atoms with van der Waals surface area (Å²) in [5, 5.41) is 0. The molecule has 0 aliphatic carbocycles. The van der Waals surface area contributed by atoms with Crippen LogP contribution in [-0.4, -0.2) is 23.8 Å². The Morgan fingerprint density at radius 1 is 1.32 bits per heavy atom. The molecule has 0 saturated carbocycles. The number of nitrogens with zero attached hydrogens (tertiary/aromatic N) is 2. The quantitative estimate of drug-likeness (QED) is 0.848. The number of benzene rings is 1. The minimum atomic E-state index is 0.395. The van der Waals surface area contributed by atoms with Crippen molar-refractivity contribution in [3.8, 4) is 35.1 Å². The van der Waals surface area contributed by atoms with Gasteiger partial charge < -0.3 is 19.8 Å². The molecule has 0 bridgehead atoms. The van der Waals surface area contributed by atoms with Crippen LogP contribution in [0.2, 0.25) is 0 Å². The van der Waals surface area contributed by atoms with Crippen LogP contribution in [0.25, 0.3) is 11.3 Å². The molecule has 2 aromatic rings. The summed E-state index contributed by atoms with van der Waals surface area (Å²) in [6, 6.07) is 5.52. The van der Waals surface area contributed by atoms with Crippen LogP contribution in [0.3, 0.4) is 0 Å². The Morgan fingerprint density at radius 2 is 2.05 bits per heavy atom. The zero-order valence-corrected chi connectivity index (χ0v) is 10.9. The van der Waals surface area contributed by atoms with Crippen LogP contribution in [-0.2, 0) is 6.54 Å². The average molecular weight is 257 g/mol. The standard InChI is InChI=1S/C14H15N3O2/c1-4-7-17-9-16-13(14(17)15)10-5-6-11(18-2)12(8-10)19-3/h1,5-6,8-9H,7,15H2,2-3H3. The molecule has 19 heavy (non-hydrogen) atoms. The van der Waals surface area contributed by atoms with E-state index in [0.29, 0.717) is 29.6 Å². The van der Waals surface area contributed by atoms with Crippen molar-refractivity contribution in [2.45, 2.75) is 6.54 Å². The van der Waals surface area contributed by atoms with E-state index >= 15 is 0 Å². The summed E-state index contributed by atoms with van der Waals surface area (Å²) in [7, 11) is 3.18. The Balaban J connectivity index is 2.45. The van der Waals surface area contributed by atoms with E-state index in [9.17, 15) is 0 Å². The van der Waals surface area contributed by atoms with Gasteiger partial charge in [-0.15, -0.1) is 6.42 Å². The maximum atomic E-state index is 6.02. The zero-order valence-electron chi connectivity index (χ0n) is 10.9.